The summed E-state index contributed by atoms with van der Waals surface area (Å²) in [6.07, 6.45) is 4.32. The Morgan fingerprint density at radius 2 is 2.17 bits per heavy atom. The third-order valence-corrected chi connectivity index (χ3v) is 5.10. The molecule has 1 aliphatic rings. The Kier molecular flexibility index (Phi) is 4.94. The third kappa shape index (κ3) is 3.48. The van der Waals surface area contributed by atoms with Crippen molar-refractivity contribution in [1.82, 2.24) is 14.8 Å². The lowest BCUT2D eigenvalue weighted by molar-refractivity contribution is -0.385. The van der Waals surface area contributed by atoms with Gasteiger partial charge in [0.2, 0.25) is 0 Å². The van der Waals surface area contributed by atoms with Gasteiger partial charge in [0.1, 0.15) is 5.82 Å². The molecule has 0 N–H and O–H groups in total. The Labute approximate surface area is 143 Å². The second kappa shape index (κ2) is 7.12. The van der Waals surface area contributed by atoms with Gasteiger partial charge in [-0.05, 0) is 19.8 Å². The number of hydrogen-bond donors (Lipinski definition) is 0. The minimum Gasteiger partial charge on any atom is -0.306 e. The van der Waals surface area contributed by atoms with Crippen LogP contribution in [0.2, 0.25) is 0 Å². The molecular formula is C16H18N4O3S. The number of fused-ring (bicyclic) bond motifs is 1. The standard InChI is InChI=1S/C16H18N4O3S/c1-11-6-7-12(9-13(11)20(22)23)14(21)10-24-16-18-17-15-5-3-2-4-8-19(15)16/h6-7,9H,2-5,8,10H2,1H3. The van der Waals surface area contributed by atoms with Crippen molar-refractivity contribution in [1.29, 1.82) is 0 Å². The van der Waals surface area contributed by atoms with E-state index in [1.807, 2.05) is 0 Å². The van der Waals surface area contributed by atoms with Gasteiger partial charge in [0.05, 0.1) is 10.7 Å². The third-order valence-electron chi connectivity index (χ3n) is 4.14. The largest absolute Gasteiger partial charge is 0.306 e. The zero-order valence-electron chi connectivity index (χ0n) is 13.4. The van der Waals surface area contributed by atoms with E-state index in [-0.39, 0.29) is 17.2 Å². The van der Waals surface area contributed by atoms with Gasteiger partial charge in [0.25, 0.3) is 5.69 Å². The van der Waals surface area contributed by atoms with Crippen LogP contribution in [-0.4, -0.2) is 31.2 Å². The van der Waals surface area contributed by atoms with Crippen LogP contribution in [0.3, 0.4) is 0 Å². The Balaban J connectivity index is 1.71. The Morgan fingerprint density at radius 3 is 2.96 bits per heavy atom. The van der Waals surface area contributed by atoms with E-state index in [0.717, 1.165) is 36.8 Å². The molecule has 0 spiro atoms. The fraction of sp³-hybridized carbons (Fsp3) is 0.438. The molecule has 2 aromatic rings. The Hall–Kier alpha value is -2.22. The van der Waals surface area contributed by atoms with E-state index in [2.05, 4.69) is 14.8 Å². The molecule has 1 aliphatic heterocycles. The zero-order valence-corrected chi connectivity index (χ0v) is 14.2. The maximum absolute atomic E-state index is 12.4. The Bertz CT molecular complexity index is 788. The Morgan fingerprint density at radius 1 is 1.33 bits per heavy atom. The molecule has 3 rings (SSSR count). The summed E-state index contributed by atoms with van der Waals surface area (Å²) >= 11 is 1.34. The lowest BCUT2D eigenvalue weighted by Crippen LogP contribution is -2.07. The summed E-state index contributed by atoms with van der Waals surface area (Å²) in [7, 11) is 0. The SMILES string of the molecule is Cc1ccc(C(=O)CSc2nnc3n2CCCCC3)cc1[N+](=O)[O-]. The quantitative estimate of drug-likeness (QED) is 0.357. The smallest absolute Gasteiger partial charge is 0.273 e. The molecule has 7 nitrogen and oxygen atoms in total. The first-order valence-electron chi connectivity index (χ1n) is 7.89. The number of carbonyl (C=O) groups excluding carboxylic acids is 1. The first-order valence-corrected chi connectivity index (χ1v) is 8.88. The number of benzene rings is 1. The van der Waals surface area contributed by atoms with Gasteiger partial charge in [0.15, 0.2) is 10.9 Å². The molecule has 126 valence electrons. The van der Waals surface area contributed by atoms with E-state index in [1.165, 1.54) is 24.2 Å². The average molecular weight is 346 g/mol. The van der Waals surface area contributed by atoms with Crippen molar-refractivity contribution in [3.05, 3.63) is 45.3 Å². The molecule has 0 aliphatic carbocycles. The van der Waals surface area contributed by atoms with Gasteiger partial charge in [0, 0.05) is 30.2 Å². The fourth-order valence-electron chi connectivity index (χ4n) is 2.76. The summed E-state index contributed by atoms with van der Waals surface area (Å²) < 4.78 is 2.09. The van der Waals surface area contributed by atoms with Crippen LogP contribution in [0.1, 0.15) is 41.0 Å². The number of aryl methyl sites for hydroxylation is 2. The van der Waals surface area contributed by atoms with Crippen molar-refractivity contribution < 1.29 is 9.72 Å². The maximum Gasteiger partial charge on any atom is 0.273 e. The highest BCUT2D eigenvalue weighted by Crippen LogP contribution is 2.24. The zero-order chi connectivity index (χ0) is 17.1. The van der Waals surface area contributed by atoms with Crippen LogP contribution in [0.25, 0.3) is 0 Å². The van der Waals surface area contributed by atoms with Crippen LogP contribution in [0.4, 0.5) is 5.69 Å². The lowest BCUT2D eigenvalue weighted by atomic mass is 10.1. The number of ketones is 1. The molecule has 1 aromatic carbocycles. The molecule has 0 bridgehead atoms. The molecule has 8 heteroatoms. The first-order chi connectivity index (χ1) is 11.6. The number of carbonyl (C=O) groups is 1. The number of nitro groups is 1. The van der Waals surface area contributed by atoms with Crippen LogP contribution in [-0.2, 0) is 13.0 Å². The molecule has 0 saturated carbocycles. The van der Waals surface area contributed by atoms with Crippen molar-refractivity contribution >= 4 is 23.2 Å². The van der Waals surface area contributed by atoms with Gasteiger partial charge in [-0.25, -0.2) is 0 Å². The van der Waals surface area contributed by atoms with Crippen molar-refractivity contribution in [2.75, 3.05) is 5.75 Å². The molecule has 0 radical (unpaired) electrons. The number of nitro benzene ring substituents is 1. The molecule has 0 amide bonds. The highest BCUT2D eigenvalue weighted by Gasteiger charge is 2.18. The number of hydrogen-bond acceptors (Lipinski definition) is 6. The predicted molar refractivity (Wildman–Crippen MR) is 90.5 cm³/mol. The minimum atomic E-state index is -0.461. The van der Waals surface area contributed by atoms with Crippen LogP contribution in [0, 0.1) is 17.0 Å². The number of rotatable bonds is 5. The van der Waals surface area contributed by atoms with E-state index in [0.29, 0.717) is 11.1 Å². The molecule has 0 unspecified atom stereocenters. The molecule has 2 heterocycles. The number of nitrogens with zero attached hydrogens (tertiary/aromatic N) is 4. The number of thioether (sulfide) groups is 1. The van der Waals surface area contributed by atoms with Gasteiger partial charge in [-0.3, -0.25) is 14.9 Å². The first kappa shape index (κ1) is 16.6. The summed E-state index contributed by atoms with van der Waals surface area (Å²) in [6, 6.07) is 4.59. The lowest BCUT2D eigenvalue weighted by Gasteiger charge is -2.06. The van der Waals surface area contributed by atoms with Gasteiger partial charge in [-0.15, -0.1) is 10.2 Å². The summed E-state index contributed by atoms with van der Waals surface area (Å²) in [5.74, 6) is 1.03. The van der Waals surface area contributed by atoms with Crippen LogP contribution in [0.5, 0.6) is 0 Å². The summed E-state index contributed by atoms with van der Waals surface area (Å²) in [5, 5.41) is 20.1. The fourth-order valence-corrected chi connectivity index (χ4v) is 3.64. The summed E-state index contributed by atoms with van der Waals surface area (Å²) in [4.78, 5) is 22.9. The topological polar surface area (TPSA) is 90.9 Å². The van der Waals surface area contributed by atoms with Crippen molar-refractivity contribution in [2.24, 2.45) is 0 Å². The molecule has 1 aromatic heterocycles. The van der Waals surface area contributed by atoms with Gasteiger partial charge in [-0.2, -0.15) is 0 Å². The average Bonchev–Trinajstić information content (AvgIpc) is 2.79. The molecule has 0 atom stereocenters. The second-order valence-corrected chi connectivity index (χ2v) is 6.77. The van der Waals surface area contributed by atoms with Crippen molar-refractivity contribution in [2.45, 2.75) is 44.3 Å². The van der Waals surface area contributed by atoms with Gasteiger partial charge >= 0.3 is 0 Å². The van der Waals surface area contributed by atoms with Crippen LogP contribution >= 0.6 is 11.8 Å². The van der Waals surface area contributed by atoms with Crippen molar-refractivity contribution in [3.8, 4) is 0 Å². The van der Waals surface area contributed by atoms with Crippen LogP contribution < -0.4 is 0 Å². The summed E-state index contributed by atoms with van der Waals surface area (Å²) in [6.45, 7) is 2.54. The highest BCUT2D eigenvalue weighted by molar-refractivity contribution is 7.99. The van der Waals surface area contributed by atoms with Gasteiger partial charge in [-0.1, -0.05) is 30.3 Å². The predicted octanol–water partition coefficient (Wildman–Crippen LogP) is 3.20. The monoisotopic (exact) mass is 346 g/mol. The number of aromatic nitrogens is 3. The molecule has 24 heavy (non-hydrogen) atoms. The summed E-state index contributed by atoms with van der Waals surface area (Å²) in [5.41, 5.74) is 0.879. The van der Waals surface area contributed by atoms with E-state index < -0.39 is 4.92 Å². The normalized spacial score (nSPS) is 14.0. The second-order valence-electron chi connectivity index (χ2n) is 5.83. The molecular weight excluding hydrogens is 328 g/mol. The van der Waals surface area contributed by atoms with Crippen molar-refractivity contribution in [3.63, 3.8) is 0 Å². The number of Topliss-reactive ketones (excluding diaryl/α,β-unsaturated/α-hetero) is 1. The van der Waals surface area contributed by atoms with E-state index in [4.69, 9.17) is 0 Å². The maximum atomic E-state index is 12.4. The highest BCUT2D eigenvalue weighted by atomic mass is 32.2. The van der Waals surface area contributed by atoms with E-state index >= 15 is 0 Å². The van der Waals surface area contributed by atoms with E-state index in [9.17, 15) is 14.9 Å². The molecule has 0 saturated heterocycles. The van der Waals surface area contributed by atoms with E-state index in [1.54, 1.807) is 19.1 Å². The molecule has 0 fully saturated rings. The minimum absolute atomic E-state index is 0.0257. The van der Waals surface area contributed by atoms with Gasteiger partial charge < -0.3 is 4.57 Å². The van der Waals surface area contributed by atoms with Crippen LogP contribution in [0.15, 0.2) is 23.4 Å².